The van der Waals surface area contributed by atoms with Crippen LogP contribution in [0.2, 0.25) is 0 Å². The number of halogens is 1. The van der Waals surface area contributed by atoms with Gasteiger partial charge in [0.2, 0.25) is 5.82 Å². The lowest BCUT2D eigenvalue weighted by Crippen LogP contribution is -2.34. The summed E-state index contributed by atoms with van der Waals surface area (Å²) in [6.45, 7) is 2.20. The molecule has 3 aromatic rings. The molecule has 8 heteroatoms. The number of rotatable bonds is 5. The van der Waals surface area contributed by atoms with Gasteiger partial charge in [-0.3, -0.25) is 4.79 Å². The molecule has 0 spiro atoms. The first kappa shape index (κ1) is 16.4. The second kappa shape index (κ2) is 6.36. The number of nitrogens with zero attached hydrogens (tertiary/aromatic N) is 6. The Bertz CT molecular complexity index is 941. The van der Waals surface area contributed by atoms with Crippen LogP contribution in [-0.2, 0) is 13.6 Å². The molecule has 2 aromatic heterocycles. The quantitative estimate of drug-likeness (QED) is 0.705. The molecule has 0 saturated heterocycles. The number of carbonyl (C=O) groups is 1. The van der Waals surface area contributed by atoms with Crippen LogP contribution < -0.4 is 0 Å². The standard InChI is InChI=1S/C18H19FN6O/c1-12-21-17(22-25(12)15-5-3-13(19)4-6-15)18(26)24(14-7-8-14)11-16-20-9-10-23(16)2/h3-6,9-10,14H,7-8,11H2,1-2H3. The Hall–Kier alpha value is -3.03. The molecular weight excluding hydrogens is 335 g/mol. The summed E-state index contributed by atoms with van der Waals surface area (Å²) in [7, 11) is 1.91. The molecule has 1 saturated carbocycles. The second-order valence-electron chi connectivity index (χ2n) is 6.49. The van der Waals surface area contributed by atoms with Crippen LogP contribution >= 0.6 is 0 Å². The number of carbonyl (C=O) groups excluding carboxylic acids is 1. The number of hydrogen-bond acceptors (Lipinski definition) is 4. The minimum atomic E-state index is -0.321. The van der Waals surface area contributed by atoms with Crippen molar-refractivity contribution in [2.75, 3.05) is 0 Å². The first-order chi connectivity index (χ1) is 12.5. The van der Waals surface area contributed by atoms with E-state index < -0.39 is 0 Å². The SMILES string of the molecule is Cc1nc(C(=O)N(Cc2nccn2C)C2CC2)nn1-c1ccc(F)cc1. The van der Waals surface area contributed by atoms with E-state index >= 15 is 0 Å². The molecule has 1 amide bonds. The molecule has 0 unspecified atom stereocenters. The van der Waals surface area contributed by atoms with E-state index in [2.05, 4.69) is 15.1 Å². The van der Waals surface area contributed by atoms with Crippen molar-refractivity contribution >= 4 is 5.91 Å². The van der Waals surface area contributed by atoms with E-state index in [4.69, 9.17) is 0 Å². The van der Waals surface area contributed by atoms with Gasteiger partial charge in [0.05, 0.1) is 12.2 Å². The molecule has 7 nitrogen and oxygen atoms in total. The van der Waals surface area contributed by atoms with Crippen LogP contribution in [-0.4, -0.2) is 41.2 Å². The van der Waals surface area contributed by atoms with Crippen molar-refractivity contribution in [3.63, 3.8) is 0 Å². The maximum atomic E-state index is 13.1. The summed E-state index contributed by atoms with van der Waals surface area (Å²) in [5.74, 6) is 1.01. The van der Waals surface area contributed by atoms with Crippen molar-refractivity contribution < 1.29 is 9.18 Å². The molecule has 4 rings (SSSR count). The fraction of sp³-hybridized carbons (Fsp3) is 0.333. The van der Waals surface area contributed by atoms with Gasteiger partial charge in [0.15, 0.2) is 0 Å². The molecule has 134 valence electrons. The van der Waals surface area contributed by atoms with Crippen LogP contribution in [0.3, 0.4) is 0 Å². The molecule has 26 heavy (non-hydrogen) atoms. The van der Waals surface area contributed by atoms with E-state index in [0.29, 0.717) is 18.1 Å². The van der Waals surface area contributed by atoms with Gasteiger partial charge in [0.25, 0.3) is 5.91 Å². The predicted molar refractivity (Wildman–Crippen MR) is 92.2 cm³/mol. The summed E-state index contributed by atoms with van der Waals surface area (Å²) in [6, 6.07) is 6.14. The third-order valence-corrected chi connectivity index (χ3v) is 4.51. The summed E-state index contributed by atoms with van der Waals surface area (Å²) in [5.41, 5.74) is 0.664. The van der Waals surface area contributed by atoms with E-state index in [9.17, 15) is 9.18 Å². The van der Waals surface area contributed by atoms with Gasteiger partial charge in [-0.15, -0.1) is 5.10 Å². The number of amides is 1. The third kappa shape index (κ3) is 3.10. The monoisotopic (exact) mass is 354 g/mol. The lowest BCUT2D eigenvalue weighted by Gasteiger charge is -2.20. The van der Waals surface area contributed by atoms with Gasteiger partial charge in [-0.25, -0.2) is 19.0 Å². The smallest absolute Gasteiger partial charge is 0.294 e. The van der Waals surface area contributed by atoms with Gasteiger partial charge in [-0.05, 0) is 44.0 Å². The van der Waals surface area contributed by atoms with Gasteiger partial charge in [-0.1, -0.05) is 0 Å². The van der Waals surface area contributed by atoms with Crippen LogP contribution in [0.15, 0.2) is 36.7 Å². The van der Waals surface area contributed by atoms with Gasteiger partial charge in [-0.2, -0.15) is 0 Å². The van der Waals surface area contributed by atoms with Crippen molar-refractivity contribution in [2.24, 2.45) is 7.05 Å². The van der Waals surface area contributed by atoms with Crippen LogP contribution in [0, 0.1) is 12.7 Å². The van der Waals surface area contributed by atoms with E-state index in [1.54, 1.807) is 34.8 Å². The number of aryl methyl sites for hydroxylation is 2. The Labute approximate surface area is 150 Å². The number of benzene rings is 1. The summed E-state index contributed by atoms with van der Waals surface area (Å²) in [4.78, 5) is 23.4. The Balaban J connectivity index is 1.61. The zero-order chi connectivity index (χ0) is 18.3. The Morgan fingerprint density at radius 2 is 2.04 bits per heavy atom. The topological polar surface area (TPSA) is 68.8 Å². The average molecular weight is 354 g/mol. The molecule has 0 bridgehead atoms. The van der Waals surface area contributed by atoms with Crippen LogP contribution in [0.5, 0.6) is 0 Å². The highest BCUT2D eigenvalue weighted by Gasteiger charge is 2.35. The minimum absolute atomic E-state index is 0.146. The summed E-state index contributed by atoms with van der Waals surface area (Å²) >= 11 is 0. The van der Waals surface area contributed by atoms with Crippen LogP contribution in [0.1, 0.15) is 35.1 Å². The van der Waals surface area contributed by atoms with Gasteiger partial charge in [0, 0.05) is 25.5 Å². The van der Waals surface area contributed by atoms with Gasteiger partial charge >= 0.3 is 0 Å². The second-order valence-corrected chi connectivity index (χ2v) is 6.49. The van der Waals surface area contributed by atoms with E-state index in [0.717, 1.165) is 18.7 Å². The fourth-order valence-corrected chi connectivity index (χ4v) is 2.89. The first-order valence-corrected chi connectivity index (χ1v) is 8.49. The molecule has 0 atom stereocenters. The first-order valence-electron chi connectivity index (χ1n) is 8.49. The van der Waals surface area contributed by atoms with Gasteiger partial charge in [0.1, 0.15) is 17.5 Å². The van der Waals surface area contributed by atoms with Crippen molar-refractivity contribution in [1.82, 2.24) is 29.2 Å². The lowest BCUT2D eigenvalue weighted by atomic mass is 10.3. The highest BCUT2D eigenvalue weighted by Crippen LogP contribution is 2.29. The lowest BCUT2D eigenvalue weighted by molar-refractivity contribution is 0.0711. The van der Waals surface area contributed by atoms with E-state index in [1.165, 1.54) is 12.1 Å². The highest BCUT2D eigenvalue weighted by molar-refractivity contribution is 5.90. The molecule has 1 aliphatic rings. The normalized spacial score (nSPS) is 13.8. The fourth-order valence-electron chi connectivity index (χ4n) is 2.89. The highest BCUT2D eigenvalue weighted by atomic mass is 19.1. The van der Waals surface area contributed by atoms with Crippen LogP contribution in [0.4, 0.5) is 4.39 Å². The Morgan fingerprint density at radius 3 is 2.65 bits per heavy atom. The minimum Gasteiger partial charge on any atom is -0.337 e. The van der Waals surface area contributed by atoms with E-state index in [1.807, 2.05) is 17.8 Å². The third-order valence-electron chi connectivity index (χ3n) is 4.51. The number of aromatic nitrogens is 5. The molecule has 2 heterocycles. The largest absolute Gasteiger partial charge is 0.337 e. The Morgan fingerprint density at radius 1 is 1.31 bits per heavy atom. The van der Waals surface area contributed by atoms with Crippen molar-refractivity contribution in [3.8, 4) is 5.69 Å². The number of imidazole rings is 1. The molecular formula is C18H19FN6O. The van der Waals surface area contributed by atoms with Crippen LogP contribution in [0.25, 0.3) is 5.69 Å². The zero-order valence-electron chi connectivity index (χ0n) is 14.6. The van der Waals surface area contributed by atoms with Gasteiger partial charge < -0.3 is 9.47 Å². The molecule has 0 aliphatic heterocycles. The molecule has 0 N–H and O–H groups in total. The maximum Gasteiger partial charge on any atom is 0.294 e. The Kier molecular flexibility index (Phi) is 4.02. The summed E-state index contributed by atoms with van der Waals surface area (Å²) < 4.78 is 16.6. The molecule has 1 aromatic carbocycles. The summed E-state index contributed by atoms with van der Waals surface area (Å²) in [6.07, 6.45) is 5.54. The average Bonchev–Trinajstić information content (AvgIpc) is 3.28. The van der Waals surface area contributed by atoms with Crippen molar-refractivity contribution in [3.05, 3.63) is 59.9 Å². The molecule has 1 aliphatic carbocycles. The maximum absolute atomic E-state index is 13.1. The van der Waals surface area contributed by atoms with Crippen molar-refractivity contribution in [1.29, 1.82) is 0 Å². The van der Waals surface area contributed by atoms with E-state index in [-0.39, 0.29) is 23.6 Å². The summed E-state index contributed by atoms with van der Waals surface area (Å²) in [5, 5.41) is 4.36. The molecule has 1 fully saturated rings. The zero-order valence-corrected chi connectivity index (χ0v) is 14.6. The van der Waals surface area contributed by atoms with Crippen molar-refractivity contribution in [2.45, 2.75) is 32.4 Å². The molecule has 0 radical (unpaired) electrons. The predicted octanol–water partition coefficient (Wildman–Crippen LogP) is 2.25. The number of hydrogen-bond donors (Lipinski definition) is 0.